The zero-order valence-corrected chi connectivity index (χ0v) is 12.7. The van der Waals surface area contributed by atoms with Crippen LogP contribution < -0.4 is 4.74 Å². The molecule has 0 aliphatic carbocycles. The fraction of sp³-hybridized carbons (Fsp3) is 0.533. The predicted octanol–water partition coefficient (Wildman–Crippen LogP) is 3.80. The average molecular weight is 326 g/mol. The Hall–Kier alpha value is -1.03. The van der Waals surface area contributed by atoms with E-state index in [2.05, 4.69) is 20.9 Å². The Balaban J connectivity index is 1.70. The Kier molecular flexibility index (Phi) is 6.21. The minimum absolute atomic E-state index is 0.696. The van der Waals surface area contributed by atoms with Gasteiger partial charge in [0.05, 0.1) is 13.2 Å². The third-order valence-corrected chi connectivity index (χ3v) is 3.54. The molecule has 0 atom stereocenters. The Bertz CT molecular complexity index is 403. The van der Waals surface area contributed by atoms with Crippen LogP contribution in [-0.2, 0) is 4.74 Å². The molecule has 2 rings (SSSR count). The third-order valence-electron chi connectivity index (χ3n) is 2.98. The summed E-state index contributed by atoms with van der Waals surface area (Å²) in [6.07, 6.45) is 4.86. The number of benzene rings is 1. The minimum Gasteiger partial charge on any atom is -0.494 e. The van der Waals surface area contributed by atoms with Gasteiger partial charge in [0.25, 0.3) is 0 Å². The highest BCUT2D eigenvalue weighted by atomic mass is 79.9. The van der Waals surface area contributed by atoms with Crippen molar-refractivity contribution in [3.05, 3.63) is 29.8 Å². The van der Waals surface area contributed by atoms with E-state index in [4.69, 9.17) is 9.47 Å². The van der Waals surface area contributed by atoms with Crippen molar-refractivity contribution in [3.63, 3.8) is 0 Å². The lowest BCUT2D eigenvalue weighted by atomic mass is 10.2. The van der Waals surface area contributed by atoms with Crippen molar-refractivity contribution >= 4 is 21.8 Å². The van der Waals surface area contributed by atoms with Crippen molar-refractivity contribution in [1.29, 1.82) is 0 Å². The Labute approximate surface area is 123 Å². The fourth-order valence-electron chi connectivity index (χ4n) is 1.94. The molecular formula is C15H20BrNO2. The minimum atomic E-state index is 0.696. The maximum atomic E-state index is 5.71. The van der Waals surface area contributed by atoms with Crippen molar-refractivity contribution in [1.82, 2.24) is 0 Å². The number of ether oxygens (including phenoxy) is 2. The highest BCUT2D eigenvalue weighted by Gasteiger charge is 2.09. The van der Waals surface area contributed by atoms with Crippen LogP contribution in [0.5, 0.6) is 5.75 Å². The summed E-state index contributed by atoms with van der Waals surface area (Å²) in [5.74, 6) is 1.67. The standard InChI is InChI=1S/C15H20BrNO2/c16-9-3-1-2-4-11-18-14-7-5-13(6-8-14)15-17-10-12-19-15/h5-8H,1-4,9-12H2. The Morgan fingerprint density at radius 2 is 1.89 bits per heavy atom. The average Bonchev–Trinajstić information content (AvgIpc) is 2.97. The molecule has 0 amide bonds. The molecule has 1 aromatic carbocycles. The summed E-state index contributed by atoms with van der Waals surface area (Å²) in [7, 11) is 0. The van der Waals surface area contributed by atoms with Crippen molar-refractivity contribution < 1.29 is 9.47 Å². The number of nitrogens with zero attached hydrogens (tertiary/aromatic N) is 1. The lowest BCUT2D eigenvalue weighted by Crippen LogP contribution is -2.01. The molecule has 0 saturated heterocycles. The molecule has 3 nitrogen and oxygen atoms in total. The van der Waals surface area contributed by atoms with Crippen molar-refractivity contribution in [2.45, 2.75) is 25.7 Å². The van der Waals surface area contributed by atoms with Gasteiger partial charge in [-0.1, -0.05) is 28.8 Å². The van der Waals surface area contributed by atoms with Crippen LogP contribution in [0.4, 0.5) is 0 Å². The monoisotopic (exact) mass is 325 g/mol. The molecule has 0 unspecified atom stereocenters. The van der Waals surface area contributed by atoms with E-state index >= 15 is 0 Å². The molecule has 0 radical (unpaired) electrons. The summed E-state index contributed by atoms with van der Waals surface area (Å²) in [6.45, 7) is 2.25. The van der Waals surface area contributed by atoms with E-state index in [1.807, 2.05) is 24.3 Å². The maximum Gasteiger partial charge on any atom is 0.216 e. The second-order valence-corrected chi connectivity index (χ2v) is 5.30. The first kappa shape index (κ1) is 14.4. The van der Waals surface area contributed by atoms with Crippen LogP contribution in [0.2, 0.25) is 0 Å². The molecule has 1 heterocycles. The normalized spacial score (nSPS) is 14.1. The van der Waals surface area contributed by atoms with Gasteiger partial charge in [0, 0.05) is 10.9 Å². The quantitative estimate of drug-likeness (QED) is 0.537. The van der Waals surface area contributed by atoms with Gasteiger partial charge in [-0.25, -0.2) is 4.99 Å². The van der Waals surface area contributed by atoms with Crippen LogP contribution in [-0.4, -0.2) is 31.0 Å². The van der Waals surface area contributed by atoms with Gasteiger partial charge in [0.1, 0.15) is 12.4 Å². The molecular weight excluding hydrogens is 306 g/mol. The Morgan fingerprint density at radius 3 is 2.58 bits per heavy atom. The van der Waals surface area contributed by atoms with Crippen LogP contribution in [0.3, 0.4) is 0 Å². The van der Waals surface area contributed by atoms with E-state index in [1.54, 1.807) is 0 Å². The van der Waals surface area contributed by atoms with E-state index in [0.29, 0.717) is 6.61 Å². The summed E-state index contributed by atoms with van der Waals surface area (Å²) in [6, 6.07) is 7.98. The number of halogens is 1. The maximum absolute atomic E-state index is 5.71. The summed E-state index contributed by atoms with van der Waals surface area (Å²) >= 11 is 3.44. The predicted molar refractivity (Wildman–Crippen MR) is 81.6 cm³/mol. The molecule has 1 aromatic rings. The van der Waals surface area contributed by atoms with E-state index in [9.17, 15) is 0 Å². The molecule has 19 heavy (non-hydrogen) atoms. The molecule has 0 aromatic heterocycles. The Morgan fingerprint density at radius 1 is 1.11 bits per heavy atom. The van der Waals surface area contributed by atoms with Crippen molar-refractivity contribution in [3.8, 4) is 5.75 Å². The fourth-order valence-corrected chi connectivity index (χ4v) is 2.34. The van der Waals surface area contributed by atoms with E-state index in [-0.39, 0.29) is 0 Å². The lowest BCUT2D eigenvalue weighted by molar-refractivity contribution is 0.305. The number of rotatable bonds is 8. The largest absolute Gasteiger partial charge is 0.494 e. The van der Waals surface area contributed by atoms with Gasteiger partial charge in [-0.15, -0.1) is 0 Å². The van der Waals surface area contributed by atoms with Crippen LogP contribution in [0.15, 0.2) is 29.3 Å². The molecule has 0 N–H and O–H groups in total. The number of hydrogen-bond acceptors (Lipinski definition) is 3. The topological polar surface area (TPSA) is 30.8 Å². The van der Waals surface area contributed by atoms with Crippen LogP contribution >= 0.6 is 15.9 Å². The lowest BCUT2D eigenvalue weighted by Gasteiger charge is -2.07. The second-order valence-electron chi connectivity index (χ2n) is 4.51. The third kappa shape index (κ3) is 4.86. The molecule has 0 saturated carbocycles. The van der Waals surface area contributed by atoms with Crippen molar-refractivity contribution in [2.75, 3.05) is 25.1 Å². The first-order chi connectivity index (χ1) is 9.40. The van der Waals surface area contributed by atoms with E-state index in [0.717, 1.165) is 42.1 Å². The number of aliphatic imine (C=N–C) groups is 1. The van der Waals surface area contributed by atoms with Gasteiger partial charge in [-0.3, -0.25) is 0 Å². The molecule has 0 bridgehead atoms. The molecule has 1 aliphatic rings. The van der Waals surface area contributed by atoms with Gasteiger partial charge in [-0.05, 0) is 37.1 Å². The molecule has 4 heteroatoms. The zero-order valence-electron chi connectivity index (χ0n) is 11.1. The SMILES string of the molecule is BrCCCCCCOc1ccc(C2=NCCO2)cc1. The molecule has 104 valence electrons. The van der Waals surface area contributed by atoms with Crippen molar-refractivity contribution in [2.24, 2.45) is 4.99 Å². The van der Waals surface area contributed by atoms with E-state index < -0.39 is 0 Å². The van der Waals surface area contributed by atoms with Gasteiger partial charge in [0.2, 0.25) is 5.90 Å². The summed E-state index contributed by atoms with van der Waals surface area (Å²) in [5, 5.41) is 1.10. The van der Waals surface area contributed by atoms with Gasteiger partial charge in [0.15, 0.2) is 0 Å². The second kappa shape index (κ2) is 8.20. The zero-order chi connectivity index (χ0) is 13.3. The molecule has 0 fully saturated rings. The highest BCUT2D eigenvalue weighted by molar-refractivity contribution is 9.09. The van der Waals surface area contributed by atoms with Gasteiger partial charge < -0.3 is 9.47 Å². The summed E-state index contributed by atoms with van der Waals surface area (Å²) in [4.78, 5) is 4.29. The van der Waals surface area contributed by atoms with Crippen LogP contribution in [0, 0.1) is 0 Å². The smallest absolute Gasteiger partial charge is 0.216 e. The number of hydrogen-bond donors (Lipinski definition) is 0. The first-order valence-electron chi connectivity index (χ1n) is 6.86. The highest BCUT2D eigenvalue weighted by Crippen LogP contribution is 2.15. The van der Waals surface area contributed by atoms with E-state index in [1.165, 1.54) is 19.3 Å². The number of unbranched alkanes of at least 4 members (excludes halogenated alkanes) is 3. The number of alkyl halides is 1. The van der Waals surface area contributed by atoms with Crippen LogP contribution in [0.25, 0.3) is 0 Å². The first-order valence-corrected chi connectivity index (χ1v) is 7.99. The van der Waals surface area contributed by atoms with Gasteiger partial charge in [-0.2, -0.15) is 0 Å². The molecule has 0 spiro atoms. The van der Waals surface area contributed by atoms with Gasteiger partial charge >= 0.3 is 0 Å². The molecule has 1 aliphatic heterocycles. The summed E-state index contributed by atoms with van der Waals surface area (Å²) < 4.78 is 11.1. The van der Waals surface area contributed by atoms with Crippen LogP contribution in [0.1, 0.15) is 31.2 Å². The summed E-state index contributed by atoms with van der Waals surface area (Å²) in [5.41, 5.74) is 1.03.